The van der Waals surface area contributed by atoms with Gasteiger partial charge in [-0.3, -0.25) is 14.9 Å². The van der Waals surface area contributed by atoms with Crippen molar-refractivity contribution in [2.75, 3.05) is 12.0 Å². The Bertz CT molecular complexity index is 1560. The van der Waals surface area contributed by atoms with Crippen LogP contribution in [0, 0.1) is 20.8 Å². The standard InChI is InChI=1S/C27H24N2O7S/c1-16-6-10-20(11-7-16)37(33,34)36-23-12-9-19(15-24(23)35-4)14-21-25(30)28-27(32)29(26(21)31)22-13-17(2)5-8-18(22)3/h5-15H,1-4H3,(H,28,30,32)/b21-14+. The number of amides is 4. The highest BCUT2D eigenvalue weighted by molar-refractivity contribution is 7.87. The highest BCUT2D eigenvalue weighted by Crippen LogP contribution is 2.32. The first-order valence-electron chi connectivity index (χ1n) is 11.2. The van der Waals surface area contributed by atoms with Crippen LogP contribution < -0.4 is 19.1 Å². The largest absolute Gasteiger partial charge is 0.493 e. The molecule has 1 saturated heterocycles. The molecule has 0 aliphatic carbocycles. The van der Waals surface area contributed by atoms with Gasteiger partial charge in [0.2, 0.25) is 0 Å². The highest BCUT2D eigenvalue weighted by Gasteiger charge is 2.37. The molecule has 1 heterocycles. The SMILES string of the molecule is COc1cc(/C=C2\C(=O)NC(=O)N(c3cc(C)ccc3C)C2=O)ccc1OS(=O)(=O)c1ccc(C)cc1. The smallest absolute Gasteiger partial charge is 0.339 e. The third-order valence-electron chi connectivity index (χ3n) is 5.72. The third-order valence-corrected chi connectivity index (χ3v) is 6.96. The lowest BCUT2D eigenvalue weighted by atomic mass is 10.0. The zero-order chi connectivity index (χ0) is 26.9. The predicted molar refractivity (Wildman–Crippen MR) is 137 cm³/mol. The number of rotatable bonds is 6. The summed E-state index contributed by atoms with van der Waals surface area (Å²) in [6, 6.07) is 14.9. The number of hydrogen-bond donors (Lipinski definition) is 1. The van der Waals surface area contributed by atoms with E-state index in [9.17, 15) is 22.8 Å². The molecule has 1 aliphatic rings. The van der Waals surface area contributed by atoms with Gasteiger partial charge in [0.05, 0.1) is 12.8 Å². The second-order valence-corrected chi connectivity index (χ2v) is 10.1. The number of anilines is 1. The van der Waals surface area contributed by atoms with Gasteiger partial charge in [0, 0.05) is 0 Å². The summed E-state index contributed by atoms with van der Waals surface area (Å²) in [6.45, 7) is 5.41. The lowest BCUT2D eigenvalue weighted by molar-refractivity contribution is -0.122. The van der Waals surface area contributed by atoms with Crippen LogP contribution in [-0.4, -0.2) is 33.4 Å². The molecule has 0 atom stereocenters. The summed E-state index contributed by atoms with van der Waals surface area (Å²) in [5.41, 5.74) is 2.86. The Balaban J connectivity index is 1.67. The summed E-state index contributed by atoms with van der Waals surface area (Å²) in [6.07, 6.45) is 1.29. The van der Waals surface area contributed by atoms with E-state index in [1.807, 2.05) is 19.9 Å². The third kappa shape index (κ3) is 5.24. The van der Waals surface area contributed by atoms with Gasteiger partial charge in [-0.15, -0.1) is 0 Å². The fourth-order valence-corrected chi connectivity index (χ4v) is 4.66. The van der Waals surface area contributed by atoms with Crippen molar-refractivity contribution < 1.29 is 31.7 Å². The molecule has 4 amide bonds. The van der Waals surface area contributed by atoms with Gasteiger partial charge in [-0.2, -0.15) is 8.42 Å². The van der Waals surface area contributed by atoms with Crippen LogP contribution in [0.4, 0.5) is 10.5 Å². The topological polar surface area (TPSA) is 119 Å². The summed E-state index contributed by atoms with van der Waals surface area (Å²) in [5.74, 6) is -1.64. The number of aryl methyl sites for hydroxylation is 3. The molecule has 0 radical (unpaired) electrons. The Morgan fingerprint density at radius 1 is 0.838 bits per heavy atom. The number of ether oxygens (including phenoxy) is 1. The lowest BCUT2D eigenvalue weighted by Crippen LogP contribution is -2.54. The van der Waals surface area contributed by atoms with Crippen molar-refractivity contribution >= 4 is 39.7 Å². The normalized spacial score (nSPS) is 15.1. The van der Waals surface area contributed by atoms with Gasteiger partial charge in [0.25, 0.3) is 11.8 Å². The number of imide groups is 2. The van der Waals surface area contributed by atoms with Crippen molar-refractivity contribution in [2.45, 2.75) is 25.7 Å². The minimum Gasteiger partial charge on any atom is -0.493 e. The first-order chi connectivity index (χ1) is 17.5. The number of nitrogens with zero attached hydrogens (tertiary/aromatic N) is 1. The molecule has 0 spiro atoms. The van der Waals surface area contributed by atoms with Crippen LogP contribution in [0.1, 0.15) is 22.3 Å². The number of carbonyl (C=O) groups is 3. The number of carbonyl (C=O) groups excluding carboxylic acids is 3. The highest BCUT2D eigenvalue weighted by atomic mass is 32.2. The maximum absolute atomic E-state index is 13.2. The zero-order valence-corrected chi connectivity index (χ0v) is 21.4. The van der Waals surface area contributed by atoms with E-state index >= 15 is 0 Å². The quantitative estimate of drug-likeness (QED) is 0.296. The number of urea groups is 1. The number of hydrogen-bond acceptors (Lipinski definition) is 7. The monoisotopic (exact) mass is 520 g/mol. The Hall–Kier alpha value is -4.44. The van der Waals surface area contributed by atoms with E-state index in [0.717, 1.165) is 16.0 Å². The second-order valence-electron chi connectivity index (χ2n) is 8.51. The summed E-state index contributed by atoms with van der Waals surface area (Å²) >= 11 is 0. The molecule has 1 fully saturated rings. The van der Waals surface area contributed by atoms with Crippen molar-refractivity contribution in [3.05, 3.63) is 88.5 Å². The number of nitrogens with one attached hydrogen (secondary N) is 1. The van der Waals surface area contributed by atoms with Crippen LogP contribution in [0.5, 0.6) is 11.5 Å². The minimum atomic E-state index is -4.13. The fourth-order valence-electron chi connectivity index (χ4n) is 3.72. The lowest BCUT2D eigenvalue weighted by Gasteiger charge is -2.27. The fraction of sp³-hybridized carbons (Fsp3) is 0.148. The maximum Gasteiger partial charge on any atom is 0.339 e. The van der Waals surface area contributed by atoms with Crippen molar-refractivity contribution in [2.24, 2.45) is 0 Å². The number of barbiturate groups is 1. The Kier molecular flexibility index (Phi) is 6.86. The van der Waals surface area contributed by atoms with Gasteiger partial charge in [-0.1, -0.05) is 35.9 Å². The first kappa shape index (κ1) is 25.6. The second kappa shape index (κ2) is 9.90. The zero-order valence-electron chi connectivity index (χ0n) is 20.6. The summed E-state index contributed by atoms with van der Waals surface area (Å²) < 4.78 is 36.0. The first-order valence-corrected chi connectivity index (χ1v) is 12.6. The van der Waals surface area contributed by atoms with Gasteiger partial charge < -0.3 is 8.92 Å². The maximum atomic E-state index is 13.2. The minimum absolute atomic E-state index is 0.0213. The average Bonchev–Trinajstić information content (AvgIpc) is 2.84. The molecular weight excluding hydrogens is 496 g/mol. The van der Waals surface area contributed by atoms with Crippen LogP contribution in [0.3, 0.4) is 0 Å². The summed E-state index contributed by atoms with van der Waals surface area (Å²) in [5, 5.41) is 2.19. The van der Waals surface area contributed by atoms with E-state index in [1.165, 1.54) is 43.5 Å². The van der Waals surface area contributed by atoms with Gasteiger partial charge in [0.15, 0.2) is 11.5 Å². The molecule has 0 unspecified atom stereocenters. The van der Waals surface area contributed by atoms with Crippen molar-refractivity contribution in [3.63, 3.8) is 0 Å². The molecule has 1 N–H and O–H groups in total. The molecule has 10 heteroatoms. The summed E-state index contributed by atoms with van der Waals surface area (Å²) in [7, 11) is -2.80. The number of benzene rings is 3. The molecule has 190 valence electrons. The van der Waals surface area contributed by atoms with Crippen LogP contribution >= 0.6 is 0 Å². The van der Waals surface area contributed by atoms with E-state index < -0.39 is 28.0 Å². The van der Waals surface area contributed by atoms with Crippen molar-refractivity contribution in [1.82, 2.24) is 5.32 Å². The molecule has 0 aromatic heterocycles. The molecule has 0 bridgehead atoms. The Labute approximate surface area is 214 Å². The molecule has 37 heavy (non-hydrogen) atoms. The van der Waals surface area contributed by atoms with Gasteiger partial charge >= 0.3 is 16.1 Å². The van der Waals surface area contributed by atoms with Gasteiger partial charge in [-0.05, 0) is 73.9 Å². The van der Waals surface area contributed by atoms with E-state index in [0.29, 0.717) is 16.8 Å². The number of methoxy groups -OCH3 is 1. The predicted octanol–water partition coefficient (Wildman–Crippen LogP) is 4.05. The molecule has 1 aliphatic heterocycles. The molecule has 4 rings (SSSR count). The molecular formula is C27H24N2O7S. The Morgan fingerprint density at radius 3 is 2.19 bits per heavy atom. The summed E-state index contributed by atoms with van der Waals surface area (Å²) in [4.78, 5) is 39.2. The average molecular weight is 521 g/mol. The van der Waals surface area contributed by atoms with Crippen molar-refractivity contribution in [1.29, 1.82) is 0 Å². The Morgan fingerprint density at radius 2 is 1.51 bits per heavy atom. The van der Waals surface area contributed by atoms with E-state index in [2.05, 4.69) is 5.32 Å². The van der Waals surface area contributed by atoms with Crippen LogP contribution in [-0.2, 0) is 19.7 Å². The van der Waals surface area contributed by atoms with E-state index in [-0.39, 0.29) is 22.0 Å². The van der Waals surface area contributed by atoms with Gasteiger partial charge in [0.1, 0.15) is 10.5 Å². The van der Waals surface area contributed by atoms with E-state index in [1.54, 1.807) is 31.2 Å². The van der Waals surface area contributed by atoms with Crippen LogP contribution in [0.25, 0.3) is 6.08 Å². The van der Waals surface area contributed by atoms with Crippen LogP contribution in [0.15, 0.2) is 71.1 Å². The van der Waals surface area contributed by atoms with Crippen molar-refractivity contribution in [3.8, 4) is 11.5 Å². The molecule has 9 nitrogen and oxygen atoms in total. The molecule has 3 aromatic carbocycles. The molecule has 0 saturated carbocycles. The molecule has 3 aromatic rings. The van der Waals surface area contributed by atoms with Gasteiger partial charge in [-0.25, -0.2) is 9.69 Å². The van der Waals surface area contributed by atoms with E-state index in [4.69, 9.17) is 8.92 Å². The van der Waals surface area contributed by atoms with Crippen LogP contribution in [0.2, 0.25) is 0 Å².